The van der Waals surface area contributed by atoms with Crippen molar-refractivity contribution < 1.29 is 13.9 Å². The summed E-state index contributed by atoms with van der Waals surface area (Å²) in [5.74, 6) is 0.258. The molecule has 0 bridgehead atoms. The van der Waals surface area contributed by atoms with Gasteiger partial charge in [-0.05, 0) is 12.8 Å². The summed E-state index contributed by atoms with van der Waals surface area (Å²) in [4.78, 5) is 18.9. The molecule has 22 heavy (non-hydrogen) atoms. The molecule has 0 radical (unpaired) electrons. The Labute approximate surface area is 127 Å². The van der Waals surface area contributed by atoms with Gasteiger partial charge < -0.3 is 19.6 Å². The first-order valence-electron chi connectivity index (χ1n) is 7.36. The van der Waals surface area contributed by atoms with Crippen molar-refractivity contribution in [3.63, 3.8) is 0 Å². The Morgan fingerprint density at radius 3 is 3.18 bits per heavy atom. The van der Waals surface area contributed by atoms with Gasteiger partial charge in [0.05, 0.1) is 0 Å². The zero-order valence-electron chi connectivity index (χ0n) is 12.4. The first-order valence-corrected chi connectivity index (χ1v) is 7.36. The molecule has 1 saturated heterocycles. The Morgan fingerprint density at radius 2 is 2.50 bits per heavy atom. The van der Waals surface area contributed by atoms with Crippen molar-refractivity contribution in [2.24, 2.45) is 13.0 Å². The van der Waals surface area contributed by atoms with E-state index in [4.69, 9.17) is 4.74 Å². The van der Waals surface area contributed by atoms with Crippen LogP contribution in [0.15, 0.2) is 24.7 Å². The Morgan fingerprint density at radius 1 is 1.64 bits per heavy atom. The molecule has 0 aliphatic carbocycles. The number of aromatic nitrogens is 3. The third-order valence-corrected chi connectivity index (χ3v) is 3.97. The lowest BCUT2D eigenvalue weighted by atomic mass is 9.93. The number of aromatic amines is 1. The zero-order chi connectivity index (χ0) is 15.5. The molecule has 3 heterocycles. The SMILES string of the molecule is Cn1ccnc1[C@@H]1OCCC[C@H]1CNC(=O)c1cc(F)c[nH]1. The van der Waals surface area contributed by atoms with Gasteiger partial charge in [-0.3, -0.25) is 4.79 Å². The summed E-state index contributed by atoms with van der Waals surface area (Å²) in [6.07, 6.45) is 6.56. The highest BCUT2D eigenvalue weighted by atomic mass is 19.1. The Bertz CT molecular complexity index is 652. The second-order valence-corrected chi connectivity index (χ2v) is 5.53. The van der Waals surface area contributed by atoms with E-state index in [0.717, 1.165) is 24.9 Å². The average molecular weight is 306 g/mol. The molecule has 6 nitrogen and oxygen atoms in total. The maximum Gasteiger partial charge on any atom is 0.267 e. The number of nitrogens with one attached hydrogen (secondary N) is 2. The van der Waals surface area contributed by atoms with E-state index in [1.54, 1.807) is 6.20 Å². The number of imidazole rings is 1. The van der Waals surface area contributed by atoms with Gasteiger partial charge in [-0.15, -0.1) is 0 Å². The third kappa shape index (κ3) is 3.04. The average Bonchev–Trinajstić information content (AvgIpc) is 3.14. The van der Waals surface area contributed by atoms with Crippen LogP contribution >= 0.6 is 0 Å². The van der Waals surface area contributed by atoms with Gasteiger partial charge in [0.25, 0.3) is 5.91 Å². The number of hydrogen-bond donors (Lipinski definition) is 2. The second kappa shape index (κ2) is 6.31. The fraction of sp³-hybridized carbons (Fsp3) is 0.467. The minimum atomic E-state index is -0.447. The number of H-pyrrole nitrogens is 1. The summed E-state index contributed by atoms with van der Waals surface area (Å²) < 4.78 is 20.7. The normalized spacial score (nSPS) is 21.7. The molecule has 0 aromatic carbocycles. The van der Waals surface area contributed by atoms with Crippen LogP contribution in [0.2, 0.25) is 0 Å². The number of hydrogen-bond acceptors (Lipinski definition) is 3. The van der Waals surface area contributed by atoms with Crippen molar-refractivity contribution in [2.75, 3.05) is 13.2 Å². The maximum atomic E-state index is 12.9. The molecule has 0 saturated carbocycles. The number of ether oxygens (including phenoxy) is 1. The highest BCUT2D eigenvalue weighted by Gasteiger charge is 2.30. The molecule has 2 atom stereocenters. The summed E-state index contributed by atoms with van der Waals surface area (Å²) in [5.41, 5.74) is 0.225. The summed E-state index contributed by atoms with van der Waals surface area (Å²) in [5, 5.41) is 2.84. The van der Waals surface area contributed by atoms with Crippen molar-refractivity contribution in [3.8, 4) is 0 Å². The topological polar surface area (TPSA) is 71.9 Å². The largest absolute Gasteiger partial charge is 0.370 e. The molecule has 1 amide bonds. The van der Waals surface area contributed by atoms with Crippen LogP contribution in [0.4, 0.5) is 4.39 Å². The van der Waals surface area contributed by atoms with Crippen LogP contribution in [-0.4, -0.2) is 33.6 Å². The monoisotopic (exact) mass is 306 g/mol. The fourth-order valence-electron chi connectivity index (χ4n) is 2.81. The van der Waals surface area contributed by atoms with Crippen molar-refractivity contribution in [3.05, 3.63) is 42.0 Å². The van der Waals surface area contributed by atoms with E-state index in [0.29, 0.717) is 13.2 Å². The Kier molecular flexibility index (Phi) is 4.24. The molecule has 7 heteroatoms. The summed E-state index contributed by atoms with van der Waals surface area (Å²) in [6, 6.07) is 1.18. The van der Waals surface area contributed by atoms with Crippen LogP contribution in [-0.2, 0) is 11.8 Å². The van der Waals surface area contributed by atoms with Gasteiger partial charge in [-0.1, -0.05) is 0 Å². The fourth-order valence-corrected chi connectivity index (χ4v) is 2.81. The van der Waals surface area contributed by atoms with E-state index >= 15 is 0 Å². The Balaban J connectivity index is 1.65. The minimum Gasteiger partial charge on any atom is -0.370 e. The molecular formula is C15H19FN4O2. The number of carbonyl (C=O) groups excluding carboxylic acids is 1. The van der Waals surface area contributed by atoms with Gasteiger partial charge in [-0.25, -0.2) is 9.37 Å². The highest BCUT2D eigenvalue weighted by Crippen LogP contribution is 2.32. The predicted octanol–water partition coefficient (Wildman–Crippen LogP) is 1.78. The van der Waals surface area contributed by atoms with Gasteiger partial charge in [0.2, 0.25) is 0 Å². The third-order valence-electron chi connectivity index (χ3n) is 3.97. The number of carbonyl (C=O) groups is 1. The van der Waals surface area contributed by atoms with Crippen LogP contribution in [0.3, 0.4) is 0 Å². The molecule has 2 N–H and O–H groups in total. The van der Waals surface area contributed by atoms with Crippen molar-refractivity contribution in [1.82, 2.24) is 19.9 Å². The molecule has 0 unspecified atom stereocenters. The first kappa shape index (κ1) is 14.8. The predicted molar refractivity (Wildman–Crippen MR) is 77.7 cm³/mol. The maximum absolute atomic E-state index is 12.9. The lowest BCUT2D eigenvalue weighted by Gasteiger charge is -2.31. The molecule has 2 aromatic rings. The van der Waals surface area contributed by atoms with E-state index in [9.17, 15) is 9.18 Å². The smallest absolute Gasteiger partial charge is 0.267 e. The van der Waals surface area contributed by atoms with Crippen LogP contribution in [0.25, 0.3) is 0 Å². The van der Waals surface area contributed by atoms with Crippen molar-refractivity contribution >= 4 is 5.91 Å². The Hall–Kier alpha value is -2.15. The molecule has 2 aromatic heterocycles. The molecule has 0 spiro atoms. The standard InChI is InChI=1S/C15H19FN4O2/c1-20-5-4-17-14(20)13-10(3-2-6-22-13)8-19-15(21)12-7-11(16)9-18-12/h4-5,7,9-10,13,18H,2-3,6,8H2,1H3,(H,19,21)/t10-,13+/m0/s1. The summed E-state index contributed by atoms with van der Waals surface area (Å²) in [7, 11) is 1.93. The van der Waals surface area contributed by atoms with Crippen LogP contribution < -0.4 is 5.32 Å². The van der Waals surface area contributed by atoms with Gasteiger partial charge in [-0.2, -0.15) is 0 Å². The quantitative estimate of drug-likeness (QED) is 0.904. The molecular weight excluding hydrogens is 287 g/mol. The van der Waals surface area contributed by atoms with Crippen LogP contribution in [0.5, 0.6) is 0 Å². The summed E-state index contributed by atoms with van der Waals surface area (Å²) in [6.45, 7) is 1.17. The zero-order valence-corrected chi connectivity index (χ0v) is 12.4. The van der Waals surface area contributed by atoms with E-state index < -0.39 is 5.82 Å². The van der Waals surface area contributed by atoms with Crippen molar-refractivity contribution in [2.45, 2.75) is 18.9 Å². The summed E-state index contributed by atoms with van der Waals surface area (Å²) >= 11 is 0. The first-order chi connectivity index (χ1) is 10.6. The number of rotatable bonds is 4. The van der Waals surface area contributed by atoms with E-state index in [-0.39, 0.29) is 23.6 Å². The number of nitrogens with zero attached hydrogens (tertiary/aromatic N) is 2. The van der Waals surface area contributed by atoms with E-state index in [1.165, 1.54) is 6.07 Å². The molecule has 1 aliphatic rings. The molecule has 3 rings (SSSR count). The van der Waals surface area contributed by atoms with E-state index in [1.807, 2.05) is 17.8 Å². The second-order valence-electron chi connectivity index (χ2n) is 5.53. The van der Waals surface area contributed by atoms with Crippen LogP contribution in [0, 0.1) is 11.7 Å². The number of aryl methyl sites for hydroxylation is 1. The highest BCUT2D eigenvalue weighted by molar-refractivity contribution is 5.92. The van der Waals surface area contributed by atoms with E-state index in [2.05, 4.69) is 15.3 Å². The van der Waals surface area contributed by atoms with Gasteiger partial charge in [0, 0.05) is 50.8 Å². The molecule has 118 valence electrons. The van der Waals surface area contributed by atoms with Crippen molar-refractivity contribution in [1.29, 1.82) is 0 Å². The lowest BCUT2D eigenvalue weighted by molar-refractivity contribution is -0.0337. The molecule has 1 fully saturated rings. The van der Waals surface area contributed by atoms with Crippen LogP contribution in [0.1, 0.15) is 35.3 Å². The van der Waals surface area contributed by atoms with Gasteiger partial charge in [0.1, 0.15) is 23.4 Å². The van der Waals surface area contributed by atoms with Gasteiger partial charge >= 0.3 is 0 Å². The molecule has 1 aliphatic heterocycles. The minimum absolute atomic E-state index is 0.130. The number of halogens is 1. The number of amides is 1. The lowest BCUT2D eigenvalue weighted by Crippen LogP contribution is -2.36. The van der Waals surface area contributed by atoms with Gasteiger partial charge in [0.15, 0.2) is 0 Å².